The van der Waals surface area contributed by atoms with Crippen LogP contribution >= 0.6 is 0 Å². The summed E-state index contributed by atoms with van der Waals surface area (Å²) in [5.74, 6) is -0.868. The van der Waals surface area contributed by atoms with Gasteiger partial charge >= 0.3 is 6.18 Å². The fraction of sp³-hybridized carbons (Fsp3) is 0.364. The van der Waals surface area contributed by atoms with Crippen LogP contribution in [0.1, 0.15) is 28.8 Å². The lowest BCUT2D eigenvalue weighted by molar-refractivity contribution is -0.137. The first-order valence-electron chi connectivity index (χ1n) is 5.05. The minimum atomic E-state index is -4.59. The Labute approximate surface area is 95.4 Å². The van der Waals surface area contributed by atoms with Gasteiger partial charge in [0, 0.05) is 0 Å². The van der Waals surface area contributed by atoms with Gasteiger partial charge in [-0.1, -0.05) is 0 Å². The van der Waals surface area contributed by atoms with E-state index >= 15 is 0 Å². The van der Waals surface area contributed by atoms with E-state index in [-0.39, 0.29) is 11.9 Å². The Balaban J connectivity index is 2.36. The van der Waals surface area contributed by atoms with Crippen LogP contribution in [-0.2, 0) is 6.18 Å². The van der Waals surface area contributed by atoms with Crippen molar-refractivity contribution < 1.29 is 22.7 Å². The monoisotopic (exact) mass is 245 g/mol. The quantitative estimate of drug-likeness (QED) is 0.888. The predicted octanol–water partition coefficient (Wildman–Crippen LogP) is 2.35. The highest BCUT2D eigenvalue weighted by Gasteiger charge is 2.35. The fourth-order valence-corrected chi connectivity index (χ4v) is 1.43. The van der Waals surface area contributed by atoms with Gasteiger partial charge in [0.15, 0.2) is 0 Å². The van der Waals surface area contributed by atoms with Crippen LogP contribution in [0.15, 0.2) is 18.2 Å². The Kier molecular flexibility index (Phi) is 2.73. The number of hydrogen-bond donors (Lipinski definition) is 1. The molecule has 1 aromatic carbocycles. The molecule has 92 valence electrons. The number of ether oxygens (including phenoxy) is 1. The molecule has 0 radical (unpaired) electrons. The topological polar surface area (TPSA) is 52.3 Å². The highest BCUT2D eigenvalue weighted by molar-refractivity contribution is 5.95. The van der Waals surface area contributed by atoms with Gasteiger partial charge in [-0.15, -0.1) is 0 Å². The maximum absolute atomic E-state index is 12.6. The van der Waals surface area contributed by atoms with Crippen LogP contribution in [0.3, 0.4) is 0 Å². The highest BCUT2D eigenvalue weighted by Crippen LogP contribution is 2.35. The van der Waals surface area contributed by atoms with Crippen molar-refractivity contribution in [1.29, 1.82) is 0 Å². The first-order chi connectivity index (χ1) is 7.88. The van der Waals surface area contributed by atoms with E-state index in [9.17, 15) is 18.0 Å². The Morgan fingerprint density at radius 3 is 2.47 bits per heavy atom. The van der Waals surface area contributed by atoms with Crippen LogP contribution in [0.2, 0.25) is 0 Å². The number of amides is 1. The molecule has 1 amide bonds. The standard InChI is InChI=1S/C11H10F3NO2/c12-11(13,14)9-4-3-7(17-6-1-2-6)5-8(9)10(15)16/h3-6H,1-2H2,(H2,15,16). The summed E-state index contributed by atoms with van der Waals surface area (Å²) >= 11 is 0. The van der Waals surface area contributed by atoms with Crippen molar-refractivity contribution in [3.8, 4) is 5.75 Å². The summed E-state index contributed by atoms with van der Waals surface area (Å²) in [4.78, 5) is 11.0. The Morgan fingerprint density at radius 1 is 1.35 bits per heavy atom. The van der Waals surface area contributed by atoms with Gasteiger partial charge in [-0.3, -0.25) is 4.79 Å². The van der Waals surface area contributed by atoms with E-state index in [4.69, 9.17) is 10.5 Å². The molecule has 1 fully saturated rings. The maximum Gasteiger partial charge on any atom is 0.417 e. The first kappa shape index (κ1) is 11.8. The number of carbonyl (C=O) groups is 1. The first-order valence-corrected chi connectivity index (χ1v) is 5.05. The summed E-state index contributed by atoms with van der Waals surface area (Å²) < 4.78 is 43.0. The molecule has 2 rings (SSSR count). The second kappa shape index (κ2) is 3.94. The zero-order chi connectivity index (χ0) is 12.6. The lowest BCUT2D eigenvalue weighted by Gasteiger charge is -2.12. The molecule has 2 N–H and O–H groups in total. The molecule has 0 unspecified atom stereocenters. The van der Waals surface area contributed by atoms with Gasteiger partial charge in [0.2, 0.25) is 5.91 Å². The molecule has 0 bridgehead atoms. The number of hydrogen-bond acceptors (Lipinski definition) is 2. The summed E-state index contributed by atoms with van der Waals surface area (Å²) in [6.07, 6.45) is -2.78. The fourth-order valence-electron chi connectivity index (χ4n) is 1.43. The average Bonchev–Trinajstić information content (AvgIpc) is 2.99. The number of alkyl halides is 3. The van der Waals surface area contributed by atoms with Gasteiger partial charge in [-0.05, 0) is 31.0 Å². The SMILES string of the molecule is NC(=O)c1cc(OC2CC2)ccc1C(F)(F)F. The number of halogens is 3. The molecule has 1 aliphatic rings. The molecule has 6 heteroatoms. The molecule has 1 saturated carbocycles. The number of primary amides is 1. The molecule has 0 atom stereocenters. The molecule has 0 saturated heterocycles. The molecular weight excluding hydrogens is 235 g/mol. The van der Waals surface area contributed by atoms with Gasteiger partial charge in [0.25, 0.3) is 0 Å². The van der Waals surface area contributed by atoms with Gasteiger partial charge in [-0.2, -0.15) is 13.2 Å². The second-order valence-electron chi connectivity index (χ2n) is 3.89. The molecular formula is C11H10F3NO2. The maximum atomic E-state index is 12.6. The number of benzene rings is 1. The Hall–Kier alpha value is -1.72. The molecule has 3 nitrogen and oxygen atoms in total. The number of carbonyl (C=O) groups excluding carboxylic acids is 1. The van der Waals surface area contributed by atoms with Crippen molar-refractivity contribution in [3.63, 3.8) is 0 Å². The number of rotatable bonds is 3. The third kappa shape index (κ3) is 2.69. The van der Waals surface area contributed by atoms with Crippen molar-refractivity contribution in [2.45, 2.75) is 25.1 Å². The van der Waals surface area contributed by atoms with Crippen LogP contribution in [0.4, 0.5) is 13.2 Å². The minimum absolute atomic E-state index is 0.0486. The van der Waals surface area contributed by atoms with E-state index in [0.717, 1.165) is 25.0 Å². The van der Waals surface area contributed by atoms with Gasteiger partial charge in [0.05, 0.1) is 17.2 Å². The van der Waals surface area contributed by atoms with E-state index in [1.54, 1.807) is 0 Å². The zero-order valence-corrected chi connectivity index (χ0v) is 8.75. The highest BCUT2D eigenvalue weighted by atomic mass is 19.4. The van der Waals surface area contributed by atoms with Crippen molar-refractivity contribution >= 4 is 5.91 Å². The van der Waals surface area contributed by atoms with Crippen molar-refractivity contribution in [2.24, 2.45) is 5.73 Å². The summed E-state index contributed by atoms with van der Waals surface area (Å²) in [7, 11) is 0. The van der Waals surface area contributed by atoms with Gasteiger partial charge in [0.1, 0.15) is 5.75 Å². The summed E-state index contributed by atoms with van der Waals surface area (Å²) in [5.41, 5.74) is 3.34. The minimum Gasteiger partial charge on any atom is -0.490 e. The van der Waals surface area contributed by atoms with Crippen LogP contribution < -0.4 is 10.5 Å². The average molecular weight is 245 g/mol. The van der Waals surface area contributed by atoms with E-state index < -0.39 is 23.2 Å². The van der Waals surface area contributed by atoms with Gasteiger partial charge in [-0.25, -0.2) is 0 Å². The second-order valence-corrected chi connectivity index (χ2v) is 3.89. The smallest absolute Gasteiger partial charge is 0.417 e. The third-order valence-electron chi connectivity index (χ3n) is 2.39. The molecule has 0 heterocycles. The van der Waals surface area contributed by atoms with E-state index in [1.807, 2.05) is 0 Å². The molecule has 17 heavy (non-hydrogen) atoms. The molecule has 1 aromatic rings. The molecule has 1 aliphatic carbocycles. The van der Waals surface area contributed by atoms with Crippen molar-refractivity contribution in [2.75, 3.05) is 0 Å². The lowest BCUT2D eigenvalue weighted by atomic mass is 10.1. The Morgan fingerprint density at radius 2 is 2.00 bits per heavy atom. The molecule has 0 aromatic heterocycles. The zero-order valence-electron chi connectivity index (χ0n) is 8.75. The van der Waals surface area contributed by atoms with E-state index in [0.29, 0.717) is 0 Å². The van der Waals surface area contributed by atoms with Crippen LogP contribution in [-0.4, -0.2) is 12.0 Å². The summed E-state index contributed by atoms with van der Waals surface area (Å²) in [5, 5.41) is 0. The molecule has 0 spiro atoms. The Bertz CT molecular complexity index is 453. The molecule has 0 aliphatic heterocycles. The van der Waals surface area contributed by atoms with Crippen molar-refractivity contribution in [3.05, 3.63) is 29.3 Å². The summed E-state index contributed by atoms with van der Waals surface area (Å²) in [6.45, 7) is 0. The van der Waals surface area contributed by atoms with Crippen LogP contribution in [0.5, 0.6) is 5.75 Å². The van der Waals surface area contributed by atoms with Gasteiger partial charge < -0.3 is 10.5 Å². The summed E-state index contributed by atoms with van der Waals surface area (Å²) in [6, 6.07) is 3.06. The van der Waals surface area contributed by atoms with Crippen LogP contribution in [0.25, 0.3) is 0 Å². The predicted molar refractivity (Wildman–Crippen MR) is 53.6 cm³/mol. The third-order valence-corrected chi connectivity index (χ3v) is 2.39. The largest absolute Gasteiger partial charge is 0.490 e. The van der Waals surface area contributed by atoms with Crippen LogP contribution in [0, 0.1) is 0 Å². The van der Waals surface area contributed by atoms with E-state index in [2.05, 4.69) is 0 Å². The number of nitrogens with two attached hydrogens (primary N) is 1. The van der Waals surface area contributed by atoms with Crippen molar-refractivity contribution in [1.82, 2.24) is 0 Å². The lowest BCUT2D eigenvalue weighted by Crippen LogP contribution is -2.19. The van der Waals surface area contributed by atoms with E-state index in [1.165, 1.54) is 6.07 Å². The normalized spacial score (nSPS) is 15.7.